The van der Waals surface area contributed by atoms with Crippen molar-refractivity contribution in [3.05, 3.63) is 23.3 Å². The fourth-order valence-electron chi connectivity index (χ4n) is 5.17. The van der Waals surface area contributed by atoms with Crippen LogP contribution in [0.4, 0.5) is 0 Å². The first-order valence-corrected chi connectivity index (χ1v) is 11.5. The molecule has 7 heteroatoms. The maximum Gasteiger partial charge on any atom is 0.241 e. The molecule has 0 spiro atoms. The smallest absolute Gasteiger partial charge is 0.241 e. The summed E-state index contributed by atoms with van der Waals surface area (Å²) >= 11 is 0. The van der Waals surface area contributed by atoms with E-state index in [9.17, 15) is 4.79 Å². The number of amides is 1. The fraction of sp³-hybridized carbons (Fsp3) is 0.739. The second-order valence-electron chi connectivity index (χ2n) is 9.14. The average Bonchev–Trinajstić information content (AvgIpc) is 3.52. The van der Waals surface area contributed by atoms with Crippen LogP contribution in [0.3, 0.4) is 0 Å². The number of hydrazone groups is 1. The number of fused-ring (bicyclic) bond motifs is 1. The first-order valence-electron chi connectivity index (χ1n) is 11.5. The van der Waals surface area contributed by atoms with Crippen LogP contribution in [0.25, 0.3) is 0 Å². The van der Waals surface area contributed by atoms with Gasteiger partial charge in [-0.3, -0.25) is 9.80 Å². The highest BCUT2D eigenvalue weighted by Gasteiger charge is 2.42. The molecule has 0 aromatic carbocycles. The van der Waals surface area contributed by atoms with Gasteiger partial charge in [-0.05, 0) is 45.6 Å². The van der Waals surface area contributed by atoms with Gasteiger partial charge in [0, 0.05) is 57.6 Å². The molecule has 2 fully saturated rings. The Kier molecular flexibility index (Phi) is 6.60. The average molecular weight is 416 g/mol. The molecule has 4 atom stereocenters. The summed E-state index contributed by atoms with van der Waals surface area (Å²) in [6.07, 6.45) is 7.86. The van der Waals surface area contributed by atoms with Gasteiger partial charge in [0.1, 0.15) is 0 Å². The summed E-state index contributed by atoms with van der Waals surface area (Å²) in [6.45, 7) is 10.7. The summed E-state index contributed by atoms with van der Waals surface area (Å²) in [5, 5.41) is 13.8. The summed E-state index contributed by atoms with van der Waals surface area (Å²) in [5.41, 5.74) is 3.78. The van der Waals surface area contributed by atoms with Crippen LogP contribution in [0.1, 0.15) is 40.0 Å². The van der Waals surface area contributed by atoms with Crippen molar-refractivity contribution >= 4 is 11.6 Å². The van der Waals surface area contributed by atoms with Gasteiger partial charge in [0.15, 0.2) is 0 Å². The Morgan fingerprint density at radius 3 is 2.83 bits per heavy atom. The third kappa shape index (κ3) is 4.34. The molecule has 1 saturated heterocycles. The normalized spacial score (nSPS) is 29.7. The Morgan fingerprint density at radius 2 is 2.17 bits per heavy atom. The monoisotopic (exact) mass is 415 g/mol. The first kappa shape index (κ1) is 21.5. The number of ether oxygens (including phenoxy) is 1. The molecule has 2 unspecified atom stereocenters. The van der Waals surface area contributed by atoms with Crippen molar-refractivity contribution in [2.75, 3.05) is 39.9 Å². The van der Waals surface area contributed by atoms with Crippen LogP contribution in [-0.4, -0.2) is 85.6 Å². The number of carbonyl (C=O) groups is 1. The number of carbonyl (C=O) groups excluding carboxylic acids is 1. The molecule has 0 aromatic rings. The lowest BCUT2D eigenvalue weighted by molar-refractivity contribution is -0.135. The van der Waals surface area contributed by atoms with Gasteiger partial charge in [0.2, 0.25) is 5.91 Å². The third-order valence-corrected chi connectivity index (χ3v) is 6.84. The molecule has 4 aliphatic rings. The minimum Gasteiger partial charge on any atom is -0.385 e. The van der Waals surface area contributed by atoms with Gasteiger partial charge in [-0.25, -0.2) is 0 Å². The van der Waals surface area contributed by atoms with Crippen molar-refractivity contribution < 1.29 is 9.53 Å². The van der Waals surface area contributed by atoms with E-state index in [0.717, 1.165) is 45.5 Å². The molecule has 2 aliphatic heterocycles. The molecule has 2 N–H and O–H groups in total. The summed E-state index contributed by atoms with van der Waals surface area (Å²) in [6, 6.07) is 0.579. The molecule has 0 aromatic heterocycles. The predicted octanol–water partition coefficient (Wildman–Crippen LogP) is 1.53. The van der Waals surface area contributed by atoms with Crippen LogP contribution in [0, 0.1) is 5.92 Å². The zero-order valence-corrected chi connectivity index (χ0v) is 18.9. The highest BCUT2D eigenvalue weighted by molar-refractivity contribution is 5.90. The van der Waals surface area contributed by atoms with Gasteiger partial charge in [0.25, 0.3) is 0 Å². The van der Waals surface area contributed by atoms with Crippen molar-refractivity contribution in [1.29, 1.82) is 0 Å². The van der Waals surface area contributed by atoms with E-state index in [4.69, 9.17) is 9.84 Å². The highest BCUT2D eigenvalue weighted by Crippen LogP contribution is 2.38. The van der Waals surface area contributed by atoms with Crippen LogP contribution >= 0.6 is 0 Å². The zero-order valence-electron chi connectivity index (χ0n) is 18.9. The minimum atomic E-state index is -0.119. The van der Waals surface area contributed by atoms with Gasteiger partial charge in [-0.15, -0.1) is 0 Å². The van der Waals surface area contributed by atoms with E-state index in [1.807, 2.05) is 0 Å². The number of methoxy groups -OCH3 is 1. The highest BCUT2D eigenvalue weighted by atomic mass is 16.5. The lowest BCUT2D eigenvalue weighted by Crippen LogP contribution is -2.58. The predicted molar refractivity (Wildman–Crippen MR) is 119 cm³/mol. The van der Waals surface area contributed by atoms with E-state index in [2.05, 4.69) is 53.5 Å². The molecule has 2 heterocycles. The topological polar surface area (TPSA) is 69.2 Å². The van der Waals surface area contributed by atoms with Crippen LogP contribution in [0.5, 0.6) is 0 Å². The summed E-state index contributed by atoms with van der Waals surface area (Å²) in [4.78, 5) is 15.5. The molecule has 30 heavy (non-hydrogen) atoms. The van der Waals surface area contributed by atoms with Gasteiger partial charge in [-0.2, -0.15) is 5.10 Å². The second-order valence-corrected chi connectivity index (χ2v) is 9.14. The Balaban J connectivity index is 1.53. The van der Waals surface area contributed by atoms with E-state index in [1.165, 1.54) is 16.9 Å². The standard InChI is InChI=1S/C23H37N5O2/c1-15-12-18(13-21-22(15)16(2)26-27(21)10-5-11-30-4)17(3)28(19-6-7-19)23(29)20-14-24-8-9-25-20/h12-13,17,19-22,24-25H,5-11,14H2,1-4H3/t17-,20-,21?,22?/m1/s1. The summed E-state index contributed by atoms with van der Waals surface area (Å²) < 4.78 is 5.24. The van der Waals surface area contributed by atoms with Gasteiger partial charge >= 0.3 is 0 Å². The van der Waals surface area contributed by atoms with Gasteiger partial charge in [0.05, 0.1) is 18.1 Å². The SMILES string of the molecule is COCCCN1N=C(C)C2C(C)=CC([C@@H](C)N(C(=O)[C@H]3CNCCN3)C3CC3)=CC21. The van der Waals surface area contributed by atoms with Crippen LogP contribution in [0.2, 0.25) is 0 Å². The van der Waals surface area contributed by atoms with Crippen LogP contribution in [-0.2, 0) is 9.53 Å². The quantitative estimate of drug-likeness (QED) is 0.589. The number of rotatable bonds is 8. The van der Waals surface area contributed by atoms with E-state index in [1.54, 1.807) is 7.11 Å². The Morgan fingerprint density at radius 1 is 1.37 bits per heavy atom. The molecular weight excluding hydrogens is 378 g/mol. The molecule has 4 rings (SSSR count). The van der Waals surface area contributed by atoms with Crippen LogP contribution < -0.4 is 10.6 Å². The molecule has 2 aliphatic carbocycles. The Bertz CT molecular complexity index is 736. The van der Waals surface area contributed by atoms with E-state index < -0.39 is 0 Å². The largest absolute Gasteiger partial charge is 0.385 e. The van der Waals surface area contributed by atoms with E-state index in [0.29, 0.717) is 18.5 Å². The van der Waals surface area contributed by atoms with Crippen molar-refractivity contribution in [3.8, 4) is 0 Å². The summed E-state index contributed by atoms with van der Waals surface area (Å²) in [7, 11) is 1.74. The van der Waals surface area contributed by atoms with E-state index in [-0.39, 0.29) is 24.0 Å². The van der Waals surface area contributed by atoms with E-state index >= 15 is 0 Å². The maximum atomic E-state index is 13.4. The maximum absolute atomic E-state index is 13.4. The van der Waals surface area contributed by atoms with Crippen molar-refractivity contribution in [1.82, 2.24) is 20.5 Å². The molecule has 0 bridgehead atoms. The van der Waals surface area contributed by atoms with Crippen molar-refractivity contribution in [3.63, 3.8) is 0 Å². The van der Waals surface area contributed by atoms with Gasteiger partial charge < -0.3 is 20.3 Å². The number of hydrogen-bond donors (Lipinski definition) is 2. The first-order chi connectivity index (χ1) is 14.5. The number of hydrogen-bond acceptors (Lipinski definition) is 6. The van der Waals surface area contributed by atoms with Crippen molar-refractivity contribution in [2.45, 2.75) is 64.2 Å². The Labute approximate surface area is 180 Å². The zero-order chi connectivity index (χ0) is 21.3. The molecule has 0 radical (unpaired) electrons. The molecule has 1 saturated carbocycles. The number of nitrogens with one attached hydrogen (secondary N) is 2. The Hall–Kier alpha value is -1.70. The van der Waals surface area contributed by atoms with Crippen LogP contribution in [0.15, 0.2) is 28.4 Å². The molecule has 1 amide bonds. The summed E-state index contributed by atoms with van der Waals surface area (Å²) in [5.74, 6) is 0.583. The number of piperazine rings is 1. The minimum absolute atomic E-state index is 0.0753. The second kappa shape index (κ2) is 9.20. The van der Waals surface area contributed by atoms with Crippen molar-refractivity contribution in [2.24, 2.45) is 11.0 Å². The molecular formula is C23H37N5O2. The lowest BCUT2D eigenvalue weighted by Gasteiger charge is -2.38. The molecule has 7 nitrogen and oxygen atoms in total. The molecule has 166 valence electrons. The van der Waals surface area contributed by atoms with Gasteiger partial charge in [-0.1, -0.05) is 17.7 Å². The number of nitrogens with zero attached hydrogens (tertiary/aromatic N) is 3. The lowest BCUT2D eigenvalue weighted by atomic mass is 9.81. The third-order valence-electron chi connectivity index (χ3n) is 6.84. The fourth-order valence-corrected chi connectivity index (χ4v) is 5.17.